The molecule has 0 aliphatic heterocycles. The lowest BCUT2D eigenvalue weighted by Crippen LogP contribution is -2.18. The van der Waals surface area contributed by atoms with Crippen LogP contribution < -0.4 is 11.1 Å². The molecule has 1 heterocycles. The highest BCUT2D eigenvalue weighted by Gasteiger charge is 2.19. The van der Waals surface area contributed by atoms with E-state index in [1.165, 1.54) is 0 Å². The molecule has 0 saturated carbocycles. The number of rotatable bonds is 6. The van der Waals surface area contributed by atoms with Crippen LogP contribution in [0.25, 0.3) is 16.8 Å². The number of carbonyl (C=O) groups excluding carboxylic acids is 2. The minimum atomic E-state index is -0.470. The van der Waals surface area contributed by atoms with Crippen molar-refractivity contribution in [1.29, 1.82) is 0 Å². The summed E-state index contributed by atoms with van der Waals surface area (Å²) in [6.45, 7) is 1.79. The molecule has 0 spiro atoms. The van der Waals surface area contributed by atoms with Crippen LogP contribution in [0.15, 0.2) is 78.9 Å². The smallest absolute Gasteiger partial charge is 0.278 e. The number of anilines is 1. The van der Waals surface area contributed by atoms with Crippen LogP contribution >= 0.6 is 0 Å². The van der Waals surface area contributed by atoms with Gasteiger partial charge in [0.25, 0.3) is 5.91 Å². The molecule has 4 rings (SSSR count). The van der Waals surface area contributed by atoms with E-state index >= 15 is 0 Å². The molecule has 3 N–H and O–H groups in total. The standard InChI is InChI=1S/C24H21N5O2/c1-16-23(24(31)26-21-10-6-5-9-19(21)15-22(25)30)27-28-29(16)20-13-11-18(12-14-20)17-7-3-2-4-8-17/h2-14H,15H2,1H3,(H2,25,30)(H,26,31). The van der Waals surface area contributed by atoms with Crippen LogP contribution in [0.2, 0.25) is 0 Å². The molecule has 4 aromatic rings. The molecule has 0 fully saturated rings. The molecule has 154 valence electrons. The van der Waals surface area contributed by atoms with E-state index in [0.29, 0.717) is 16.9 Å². The summed E-state index contributed by atoms with van der Waals surface area (Å²) in [6, 6.07) is 25.0. The Labute approximate surface area is 179 Å². The van der Waals surface area contributed by atoms with E-state index in [1.807, 2.05) is 54.6 Å². The number of nitrogens with two attached hydrogens (primary N) is 1. The van der Waals surface area contributed by atoms with E-state index in [4.69, 9.17) is 5.73 Å². The van der Waals surface area contributed by atoms with Gasteiger partial charge in [-0.15, -0.1) is 5.10 Å². The Bertz CT molecular complexity index is 1230. The maximum absolute atomic E-state index is 12.8. The molecular weight excluding hydrogens is 390 g/mol. The van der Waals surface area contributed by atoms with Crippen molar-refractivity contribution >= 4 is 17.5 Å². The summed E-state index contributed by atoms with van der Waals surface area (Å²) >= 11 is 0. The maximum atomic E-state index is 12.8. The van der Waals surface area contributed by atoms with Gasteiger partial charge in [-0.1, -0.05) is 65.9 Å². The van der Waals surface area contributed by atoms with E-state index < -0.39 is 11.8 Å². The SMILES string of the molecule is Cc1c(C(=O)Nc2ccccc2CC(N)=O)nnn1-c1ccc(-c2ccccc2)cc1. The summed E-state index contributed by atoms with van der Waals surface area (Å²) in [7, 11) is 0. The van der Waals surface area contributed by atoms with Crippen molar-refractivity contribution < 1.29 is 9.59 Å². The Morgan fingerprint density at radius 2 is 1.55 bits per heavy atom. The van der Waals surface area contributed by atoms with Crippen LogP contribution in [0.3, 0.4) is 0 Å². The zero-order valence-corrected chi connectivity index (χ0v) is 16.9. The molecular formula is C24H21N5O2. The van der Waals surface area contributed by atoms with Gasteiger partial charge in [0.05, 0.1) is 17.8 Å². The predicted octanol–water partition coefficient (Wildman–Crippen LogP) is 3.52. The van der Waals surface area contributed by atoms with Gasteiger partial charge in [0.2, 0.25) is 5.91 Å². The van der Waals surface area contributed by atoms with Crippen molar-refractivity contribution in [3.8, 4) is 16.8 Å². The maximum Gasteiger partial charge on any atom is 0.278 e. The Morgan fingerprint density at radius 3 is 2.26 bits per heavy atom. The number of nitrogens with one attached hydrogen (secondary N) is 1. The predicted molar refractivity (Wildman–Crippen MR) is 119 cm³/mol. The average molecular weight is 411 g/mol. The minimum absolute atomic E-state index is 0.0376. The topological polar surface area (TPSA) is 103 Å². The molecule has 7 nitrogen and oxygen atoms in total. The van der Waals surface area contributed by atoms with Crippen LogP contribution in [0.5, 0.6) is 0 Å². The Morgan fingerprint density at radius 1 is 0.903 bits per heavy atom. The zero-order valence-electron chi connectivity index (χ0n) is 16.9. The van der Waals surface area contributed by atoms with Gasteiger partial charge in [0, 0.05) is 5.69 Å². The van der Waals surface area contributed by atoms with Crippen LogP contribution in [0.4, 0.5) is 5.69 Å². The fourth-order valence-corrected chi connectivity index (χ4v) is 3.38. The number of carbonyl (C=O) groups is 2. The molecule has 0 aliphatic rings. The van der Waals surface area contributed by atoms with Gasteiger partial charge in [-0.25, -0.2) is 4.68 Å². The fourth-order valence-electron chi connectivity index (χ4n) is 3.38. The Balaban J connectivity index is 1.56. The summed E-state index contributed by atoms with van der Waals surface area (Å²) in [5.41, 5.74) is 10.3. The van der Waals surface area contributed by atoms with Crippen LogP contribution in [0.1, 0.15) is 21.7 Å². The summed E-state index contributed by atoms with van der Waals surface area (Å²) < 4.78 is 1.62. The van der Waals surface area contributed by atoms with Gasteiger partial charge in [0.15, 0.2) is 5.69 Å². The van der Waals surface area contributed by atoms with E-state index in [1.54, 1.807) is 35.9 Å². The average Bonchev–Trinajstić information content (AvgIpc) is 3.17. The molecule has 0 aliphatic carbocycles. The van der Waals surface area contributed by atoms with Gasteiger partial charge in [-0.05, 0) is 41.8 Å². The number of primary amides is 1. The number of hydrogen-bond acceptors (Lipinski definition) is 4. The van der Waals surface area contributed by atoms with E-state index in [-0.39, 0.29) is 12.1 Å². The monoisotopic (exact) mass is 411 g/mol. The van der Waals surface area contributed by atoms with E-state index in [0.717, 1.165) is 16.8 Å². The molecule has 0 atom stereocenters. The molecule has 0 unspecified atom stereocenters. The normalized spacial score (nSPS) is 10.6. The third-order valence-corrected chi connectivity index (χ3v) is 4.96. The molecule has 0 saturated heterocycles. The summed E-state index contributed by atoms with van der Waals surface area (Å²) in [4.78, 5) is 24.1. The lowest BCUT2D eigenvalue weighted by molar-refractivity contribution is -0.117. The molecule has 3 aromatic carbocycles. The van der Waals surface area contributed by atoms with Gasteiger partial charge >= 0.3 is 0 Å². The third kappa shape index (κ3) is 4.35. The number of hydrogen-bond donors (Lipinski definition) is 2. The van der Waals surface area contributed by atoms with E-state index in [2.05, 4.69) is 15.6 Å². The first kappa shape index (κ1) is 20.0. The van der Waals surface area contributed by atoms with Crippen molar-refractivity contribution in [2.45, 2.75) is 13.3 Å². The van der Waals surface area contributed by atoms with Crippen molar-refractivity contribution in [3.05, 3.63) is 95.8 Å². The Kier molecular flexibility index (Phi) is 5.57. The number of aromatic nitrogens is 3. The lowest BCUT2D eigenvalue weighted by Gasteiger charge is -2.09. The van der Waals surface area contributed by atoms with Gasteiger partial charge < -0.3 is 11.1 Å². The molecule has 7 heteroatoms. The van der Waals surface area contributed by atoms with Crippen molar-refractivity contribution in [2.24, 2.45) is 5.73 Å². The summed E-state index contributed by atoms with van der Waals surface area (Å²) in [5.74, 6) is -0.871. The van der Waals surface area contributed by atoms with Gasteiger partial charge in [0.1, 0.15) is 0 Å². The number of para-hydroxylation sites is 1. The van der Waals surface area contributed by atoms with Gasteiger partial charge in [-0.2, -0.15) is 0 Å². The quantitative estimate of drug-likeness (QED) is 0.507. The van der Waals surface area contributed by atoms with E-state index in [9.17, 15) is 9.59 Å². The van der Waals surface area contributed by atoms with Crippen molar-refractivity contribution in [2.75, 3.05) is 5.32 Å². The summed E-state index contributed by atoms with van der Waals surface area (Å²) in [5, 5.41) is 11.0. The highest BCUT2D eigenvalue weighted by molar-refractivity contribution is 6.04. The summed E-state index contributed by atoms with van der Waals surface area (Å²) in [6.07, 6.45) is 0.0376. The lowest BCUT2D eigenvalue weighted by atomic mass is 10.1. The van der Waals surface area contributed by atoms with Crippen LogP contribution in [-0.4, -0.2) is 26.8 Å². The molecule has 31 heavy (non-hydrogen) atoms. The van der Waals surface area contributed by atoms with Crippen LogP contribution in [0, 0.1) is 6.92 Å². The second kappa shape index (κ2) is 8.62. The zero-order chi connectivity index (χ0) is 21.8. The first-order valence-corrected chi connectivity index (χ1v) is 9.78. The number of nitrogens with zero attached hydrogens (tertiary/aromatic N) is 3. The second-order valence-corrected chi connectivity index (χ2v) is 7.10. The minimum Gasteiger partial charge on any atom is -0.369 e. The third-order valence-electron chi connectivity index (χ3n) is 4.96. The highest BCUT2D eigenvalue weighted by Crippen LogP contribution is 2.22. The van der Waals surface area contributed by atoms with Crippen molar-refractivity contribution in [3.63, 3.8) is 0 Å². The molecule has 0 bridgehead atoms. The first-order valence-electron chi connectivity index (χ1n) is 9.78. The molecule has 0 radical (unpaired) electrons. The first-order chi connectivity index (χ1) is 15.0. The number of amides is 2. The fraction of sp³-hybridized carbons (Fsp3) is 0.0833. The Hall–Kier alpha value is -4.26. The second-order valence-electron chi connectivity index (χ2n) is 7.10. The van der Waals surface area contributed by atoms with Crippen LogP contribution in [-0.2, 0) is 11.2 Å². The number of benzene rings is 3. The van der Waals surface area contributed by atoms with Gasteiger partial charge in [-0.3, -0.25) is 9.59 Å². The largest absolute Gasteiger partial charge is 0.369 e. The molecule has 1 aromatic heterocycles. The molecule has 2 amide bonds. The van der Waals surface area contributed by atoms with Crippen molar-refractivity contribution in [1.82, 2.24) is 15.0 Å². The highest BCUT2D eigenvalue weighted by atomic mass is 16.2.